The molecule has 0 aliphatic carbocycles. The van der Waals surface area contributed by atoms with Gasteiger partial charge in [-0.05, 0) is 32.0 Å². The van der Waals surface area contributed by atoms with Gasteiger partial charge >= 0.3 is 0 Å². The quantitative estimate of drug-likeness (QED) is 0.823. The van der Waals surface area contributed by atoms with Crippen LogP contribution in [-0.2, 0) is 0 Å². The summed E-state index contributed by atoms with van der Waals surface area (Å²) in [5.41, 5.74) is 1.73. The summed E-state index contributed by atoms with van der Waals surface area (Å²) in [6, 6.07) is 9.97. The van der Waals surface area contributed by atoms with Gasteiger partial charge in [-0.15, -0.1) is 0 Å². The number of hydrogen-bond acceptors (Lipinski definition) is 3. The number of hydrogen-bond donors (Lipinski definition) is 2. The Labute approximate surface area is 99.5 Å². The van der Waals surface area contributed by atoms with E-state index in [2.05, 4.69) is 22.4 Å². The highest BCUT2D eigenvalue weighted by Crippen LogP contribution is 2.23. The molecule has 2 rings (SSSR count). The normalized spacial score (nSPS) is 10.8. The fourth-order valence-electron chi connectivity index (χ4n) is 1.68. The SMILES string of the molecule is CC(C)(C#N)Nc1ccc2[nH]cc(C#N)c2c1. The third-order valence-electron chi connectivity index (χ3n) is 2.54. The Morgan fingerprint density at radius 3 is 2.71 bits per heavy atom. The minimum Gasteiger partial charge on any atom is -0.368 e. The van der Waals surface area contributed by atoms with Crippen LogP contribution >= 0.6 is 0 Å². The number of benzene rings is 1. The van der Waals surface area contributed by atoms with Gasteiger partial charge in [0.1, 0.15) is 11.6 Å². The van der Waals surface area contributed by atoms with Crippen molar-refractivity contribution in [3.63, 3.8) is 0 Å². The number of anilines is 1. The molecule has 2 aromatic rings. The molecule has 1 heterocycles. The van der Waals surface area contributed by atoms with Crippen molar-refractivity contribution >= 4 is 16.6 Å². The molecule has 0 bridgehead atoms. The smallest absolute Gasteiger partial charge is 0.119 e. The lowest BCUT2D eigenvalue weighted by Crippen LogP contribution is -2.28. The van der Waals surface area contributed by atoms with Gasteiger partial charge in [0.15, 0.2) is 0 Å². The Balaban J connectivity index is 2.45. The monoisotopic (exact) mass is 224 g/mol. The average molecular weight is 224 g/mol. The Morgan fingerprint density at radius 1 is 1.29 bits per heavy atom. The summed E-state index contributed by atoms with van der Waals surface area (Å²) >= 11 is 0. The second-order valence-corrected chi connectivity index (χ2v) is 4.44. The zero-order valence-electron chi connectivity index (χ0n) is 9.70. The molecule has 1 aromatic heterocycles. The molecular formula is C13H12N4. The summed E-state index contributed by atoms with van der Waals surface area (Å²) < 4.78 is 0. The van der Waals surface area contributed by atoms with Crippen molar-refractivity contribution in [2.24, 2.45) is 0 Å². The first kappa shape index (κ1) is 11.0. The van der Waals surface area contributed by atoms with Crippen molar-refractivity contribution in [3.05, 3.63) is 30.0 Å². The van der Waals surface area contributed by atoms with Gasteiger partial charge in [0.2, 0.25) is 0 Å². The maximum atomic E-state index is 8.96. The van der Waals surface area contributed by atoms with E-state index in [1.54, 1.807) is 20.0 Å². The molecule has 84 valence electrons. The van der Waals surface area contributed by atoms with E-state index in [0.717, 1.165) is 16.6 Å². The van der Waals surface area contributed by atoms with Gasteiger partial charge in [0, 0.05) is 22.8 Å². The van der Waals surface area contributed by atoms with Crippen molar-refractivity contribution in [1.82, 2.24) is 4.98 Å². The minimum absolute atomic E-state index is 0.610. The van der Waals surface area contributed by atoms with Gasteiger partial charge in [-0.1, -0.05) is 0 Å². The molecule has 0 spiro atoms. The van der Waals surface area contributed by atoms with Crippen LogP contribution < -0.4 is 5.32 Å². The van der Waals surface area contributed by atoms with Crippen LogP contribution in [0.5, 0.6) is 0 Å². The first-order valence-corrected chi connectivity index (χ1v) is 5.26. The first-order chi connectivity index (χ1) is 8.05. The van der Waals surface area contributed by atoms with E-state index in [-0.39, 0.29) is 0 Å². The van der Waals surface area contributed by atoms with Gasteiger partial charge in [0.25, 0.3) is 0 Å². The van der Waals surface area contributed by atoms with E-state index in [4.69, 9.17) is 10.5 Å². The van der Waals surface area contributed by atoms with Crippen molar-refractivity contribution in [3.8, 4) is 12.1 Å². The lowest BCUT2D eigenvalue weighted by atomic mass is 10.1. The van der Waals surface area contributed by atoms with Gasteiger partial charge in [-0.3, -0.25) is 0 Å². The van der Waals surface area contributed by atoms with Crippen LogP contribution in [0.15, 0.2) is 24.4 Å². The highest BCUT2D eigenvalue weighted by molar-refractivity contribution is 5.88. The third-order valence-corrected chi connectivity index (χ3v) is 2.54. The fourth-order valence-corrected chi connectivity index (χ4v) is 1.68. The average Bonchev–Trinajstić information content (AvgIpc) is 2.71. The predicted molar refractivity (Wildman–Crippen MR) is 66.3 cm³/mol. The van der Waals surface area contributed by atoms with E-state index in [1.807, 2.05) is 18.2 Å². The summed E-state index contributed by atoms with van der Waals surface area (Å²) in [5, 5.41) is 21.9. The maximum Gasteiger partial charge on any atom is 0.119 e. The van der Waals surface area contributed by atoms with Crippen LogP contribution in [0, 0.1) is 22.7 Å². The molecule has 1 aromatic carbocycles. The van der Waals surface area contributed by atoms with E-state index in [0.29, 0.717) is 5.56 Å². The highest BCUT2D eigenvalue weighted by atomic mass is 15.0. The van der Waals surface area contributed by atoms with Crippen LogP contribution in [0.25, 0.3) is 10.9 Å². The van der Waals surface area contributed by atoms with E-state index < -0.39 is 5.54 Å². The highest BCUT2D eigenvalue weighted by Gasteiger charge is 2.16. The van der Waals surface area contributed by atoms with Crippen molar-refractivity contribution in [1.29, 1.82) is 10.5 Å². The second kappa shape index (κ2) is 3.84. The lowest BCUT2D eigenvalue weighted by Gasteiger charge is -2.18. The Morgan fingerprint density at radius 2 is 2.06 bits per heavy atom. The summed E-state index contributed by atoms with van der Waals surface area (Å²) in [4.78, 5) is 3.03. The summed E-state index contributed by atoms with van der Waals surface area (Å²) in [6.07, 6.45) is 1.68. The van der Waals surface area contributed by atoms with Crippen molar-refractivity contribution in [2.75, 3.05) is 5.32 Å². The molecule has 0 saturated carbocycles. The Kier molecular flexibility index (Phi) is 2.49. The van der Waals surface area contributed by atoms with Crippen molar-refractivity contribution in [2.45, 2.75) is 19.4 Å². The van der Waals surface area contributed by atoms with E-state index in [1.165, 1.54) is 0 Å². The van der Waals surface area contributed by atoms with Crippen LogP contribution in [0.2, 0.25) is 0 Å². The predicted octanol–water partition coefficient (Wildman–Crippen LogP) is 2.75. The fraction of sp³-hybridized carbons (Fsp3) is 0.231. The van der Waals surface area contributed by atoms with Crippen LogP contribution in [0.4, 0.5) is 5.69 Å². The summed E-state index contributed by atoms with van der Waals surface area (Å²) in [6.45, 7) is 3.61. The number of aromatic nitrogens is 1. The van der Waals surface area contributed by atoms with Crippen LogP contribution in [-0.4, -0.2) is 10.5 Å². The molecular weight excluding hydrogens is 212 g/mol. The number of nitrogens with zero attached hydrogens (tertiary/aromatic N) is 2. The number of H-pyrrole nitrogens is 1. The van der Waals surface area contributed by atoms with E-state index in [9.17, 15) is 0 Å². The Bertz CT molecular complexity index is 637. The number of fused-ring (bicyclic) bond motifs is 1. The zero-order chi connectivity index (χ0) is 12.5. The van der Waals surface area contributed by atoms with Crippen LogP contribution in [0.1, 0.15) is 19.4 Å². The Hall–Kier alpha value is -2.46. The molecule has 0 fully saturated rings. The molecule has 4 nitrogen and oxygen atoms in total. The molecule has 0 aliphatic rings. The topological polar surface area (TPSA) is 75.4 Å². The van der Waals surface area contributed by atoms with Crippen LogP contribution in [0.3, 0.4) is 0 Å². The number of nitriles is 2. The largest absolute Gasteiger partial charge is 0.368 e. The molecule has 0 atom stereocenters. The van der Waals surface area contributed by atoms with E-state index >= 15 is 0 Å². The maximum absolute atomic E-state index is 8.96. The van der Waals surface area contributed by atoms with Crippen molar-refractivity contribution < 1.29 is 0 Å². The minimum atomic E-state index is -0.628. The second-order valence-electron chi connectivity index (χ2n) is 4.44. The molecule has 0 radical (unpaired) electrons. The first-order valence-electron chi connectivity index (χ1n) is 5.26. The van der Waals surface area contributed by atoms with Gasteiger partial charge in [-0.2, -0.15) is 10.5 Å². The summed E-state index contributed by atoms with van der Waals surface area (Å²) in [7, 11) is 0. The molecule has 0 unspecified atom stereocenters. The molecule has 17 heavy (non-hydrogen) atoms. The van der Waals surface area contributed by atoms with Gasteiger partial charge in [-0.25, -0.2) is 0 Å². The van der Waals surface area contributed by atoms with Gasteiger partial charge < -0.3 is 10.3 Å². The number of nitrogens with one attached hydrogen (secondary N) is 2. The zero-order valence-corrected chi connectivity index (χ0v) is 9.70. The molecule has 4 heteroatoms. The molecule has 0 aliphatic heterocycles. The standard InChI is InChI=1S/C13H12N4/c1-13(2,8-15)17-10-3-4-12-11(5-10)9(6-14)7-16-12/h3-5,7,16-17H,1-2H3. The molecule has 0 saturated heterocycles. The molecule has 2 N–H and O–H groups in total. The third kappa shape index (κ3) is 2.07. The van der Waals surface area contributed by atoms with Gasteiger partial charge in [0.05, 0.1) is 11.6 Å². The summed E-state index contributed by atoms with van der Waals surface area (Å²) in [5.74, 6) is 0. The lowest BCUT2D eigenvalue weighted by molar-refractivity contribution is 0.729. The number of rotatable bonds is 2. The molecule has 0 amide bonds. The number of aromatic amines is 1.